The van der Waals surface area contributed by atoms with Crippen molar-refractivity contribution >= 4 is 23.9 Å². The van der Waals surface area contributed by atoms with Gasteiger partial charge in [-0.25, -0.2) is 0 Å². The van der Waals surface area contributed by atoms with Gasteiger partial charge in [-0.05, 0) is 13.0 Å². The Balaban J connectivity index is 0.000001000. The SMILES string of the molecule is CC(=O)c1cnccc1N.Cl. The smallest absolute Gasteiger partial charge is 0.163 e. The van der Waals surface area contributed by atoms with Gasteiger partial charge in [0.25, 0.3) is 0 Å². The summed E-state index contributed by atoms with van der Waals surface area (Å²) in [6, 6.07) is 1.61. The molecule has 1 aromatic rings. The number of hydrogen-bond donors (Lipinski definition) is 1. The van der Waals surface area contributed by atoms with Gasteiger partial charge in [-0.1, -0.05) is 0 Å². The third-order valence-electron chi connectivity index (χ3n) is 1.23. The monoisotopic (exact) mass is 172 g/mol. The second kappa shape index (κ2) is 3.93. The van der Waals surface area contributed by atoms with Gasteiger partial charge in [-0.2, -0.15) is 0 Å². The van der Waals surface area contributed by atoms with Crippen LogP contribution in [0.3, 0.4) is 0 Å². The van der Waals surface area contributed by atoms with E-state index in [2.05, 4.69) is 4.98 Å². The van der Waals surface area contributed by atoms with E-state index in [1.54, 1.807) is 12.3 Å². The molecule has 0 bridgehead atoms. The highest BCUT2D eigenvalue weighted by atomic mass is 35.5. The molecule has 3 nitrogen and oxygen atoms in total. The molecule has 4 heteroatoms. The Morgan fingerprint density at radius 1 is 1.64 bits per heavy atom. The lowest BCUT2D eigenvalue weighted by molar-refractivity contribution is 0.101. The molecule has 0 unspecified atom stereocenters. The topological polar surface area (TPSA) is 56.0 Å². The molecule has 60 valence electrons. The van der Waals surface area contributed by atoms with Crippen LogP contribution >= 0.6 is 12.4 Å². The minimum absolute atomic E-state index is 0. The Labute approximate surface area is 71.0 Å². The third kappa shape index (κ3) is 2.20. The summed E-state index contributed by atoms with van der Waals surface area (Å²) in [7, 11) is 0. The lowest BCUT2D eigenvalue weighted by atomic mass is 10.2. The summed E-state index contributed by atoms with van der Waals surface area (Å²) in [6.45, 7) is 1.47. The van der Waals surface area contributed by atoms with Gasteiger partial charge in [0.15, 0.2) is 5.78 Å². The largest absolute Gasteiger partial charge is 0.398 e. The molecule has 0 saturated carbocycles. The van der Waals surface area contributed by atoms with E-state index < -0.39 is 0 Å². The molecule has 0 atom stereocenters. The molecular formula is C7H9ClN2O. The van der Waals surface area contributed by atoms with E-state index >= 15 is 0 Å². The van der Waals surface area contributed by atoms with Crippen molar-refractivity contribution in [2.75, 3.05) is 5.73 Å². The molecular weight excluding hydrogens is 164 g/mol. The maximum Gasteiger partial charge on any atom is 0.163 e. The van der Waals surface area contributed by atoms with Gasteiger partial charge in [-0.15, -0.1) is 12.4 Å². The van der Waals surface area contributed by atoms with Gasteiger partial charge in [0.2, 0.25) is 0 Å². The number of Topliss-reactive ketones (excluding diaryl/α,β-unsaturated/α-hetero) is 1. The van der Waals surface area contributed by atoms with Crippen LogP contribution in [0.25, 0.3) is 0 Å². The third-order valence-corrected chi connectivity index (χ3v) is 1.23. The number of aromatic nitrogens is 1. The van der Waals surface area contributed by atoms with E-state index in [0.717, 1.165) is 0 Å². The maximum absolute atomic E-state index is 10.7. The van der Waals surface area contributed by atoms with E-state index in [1.165, 1.54) is 13.1 Å². The van der Waals surface area contributed by atoms with Crippen LogP contribution in [0.2, 0.25) is 0 Å². The van der Waals surface area contributed by atoms with Crippen molar-refractivity contribution in [1.29, 1.82) is 0 Å². The number of halogens is 1. The Hall–Kier alpha value is -1.09. The minimum atomic E-state index is -0.0504. The Morgan fingerprint density at radius 2 is 2.27 bits per heavy atom. The summed E-state index contributed by atoms with van der Waals surface area (Å²) >= 11 is 0. The van der Waals surface area contributed by atoms with Crippen molar-refractivity contribution in [2.24, 2.45) is 0 Å². The van der Waals surface area contributed by atoms with E-state index in [0.29, 0.717) is 11.3 Å². The van der Waals surface area contributed by atoms with Crippen LogP contribution in [0.15, 0.2) is 18.5 Å². The predicted molar refractivity (Wildman–Crippen MR) is 45.9 cm³/mol. The highest BCUT2D eigenvalue weighted by molar-refractivity contribution is 5.98. The molecule has 0 amide bonds. The van der Waals surface area contributed by atoms with Gasteiger partial charge >= 0.3 is 0 Å². The molecule has 11 heavy (non-hydrogen) atoms. The van der Waals surface area contributed by atoms with Gasteiger partial charge in [0, 0.05) is 18.1 Å². The summed E-state index contributed by atoms with van der Waals surface area (Å²) < 4.78 is 0. The molecule has 1 aromatic heterocycles. The van der Waals surface area contributed by atoms with Crippen molar-refractivity contribution in [3.8, 4) is 0 Å². The number of hydrogen-bond acceptors (Lipinski definition) is 3. The molecule has 0 fully saturated rings. The summed E-state index contributed by atoms with van der Waals surface area (Å²) in [5.41, 5.74) is 6.44. The highest BCUT2D eigenvalue weighted by Crippen LogP contribution is 2.07. The molecule has 0 aromatic carbocycles. The zero-order valence-electron chi connectivity index (χ0n) is 6.07. The Morgan fingerprint density at radius 3 is 2.64 bits per heavy atom. The first-order valence-corrected chi connectivity index (χ1v) is 2.92. The van der Waals surface area contributed by atoms with Crippen LogP contribution in [0.1, 0.15) is 17.3 Å². The lowest BCUT2D eigenvalue weighted by Gasteiger charge is -1.97. The summed E-state index contributed by atoms with van der Waals surface area (Å²) in [4.78, 5) is 14.5. The molecule has 2 N–H and O–H groups in total. The van der Waals surface area contributed by atoms with E-state index in [4.69, 9.17) is 5.73 Å². The molecule has 1 heterocycles. The van der Waals surface area contributed by atoms with Crippen LogP contribution in [0.5, 0.6) is 0 Å². The summed E-state index contributed by atoms with van der Waals surface area (Å²) in [5.74, 6) is -0.0504. The quantitative estimate of drug-likeness (QED) is 0.650. The van der Waals surface area contributed by atoms with E-state index in [-0.39, 0.29) is 18.2 Å². The number of carbonyl (C=O) groups excluding carboxylic acids is 1. The minimum Gasteiger partial charge on any atom is -0.398 e. The fraction of sp³-hybridized carbons (Fsp3) is 0.143. The second-order valence-corrected chi connectivity index (χ2v) is 2.02. The van der Waals surface area contributed by atoms with Crippen molar-refractivity contribution in [2.45, 2.75) is 6.92 Å². The van der Waals surface area contributed by atoms with Crippen molar-refractivity contribution in [1.82, 2.24) is 4.98 Å². The van der Waals surface area contributed by atoms with Gasteiger partial charge in [0.1, 0.15) is 0 Å². The van der Waals surface area contributed by atoms with Crippen LogP contribution in [0.4, 0.5) is 5.69 Å². The summed E-state index contributed by atoms with van der Waals surface area (Å²) in [5, 5.41) is 0. The second-order valence-electron chi connectivity index (χ2n) is 2.02. The fourth-order valence-electron chi connectivity index (χ4n) is 0.699. The lowest BCUT2D eigenvalue weighted by Crippen LogP contribution is -1.99. The van der Waals surface area contributed by atoms with Gasteiger partial charge < -0.3 is 5.73 Å². The zero-order chi connectivity index (χ0) is 7.56. The number of carbonyl (C=O) groups is 1. The molecule has 0 saturated heterocycles. The molecule has 0 spiro atoms. The van der Waals surface area contributed by atoms with Crippen molar-refractivity contribution in [3.05, 3.63) is 24.0 Å². The maximum atomic E-state index is 10.7. The fourth-order valence-corrected chi connectivity index (χ4v) is 0.699. The van der Waals surface area contributed by atoms with Crippen LogP contribution in [-0.2, 0) is 0 Å². The summed E-state index contributed by atoms with van der Waals surface area (Å²) in [6.07, 6.45) is 3.03. The first-order chi connectivity index (χ1) is 4.72. The molecule has 0 aliphatic carbocycles. The highest BCUT2D eigenvalue weighted by Gasteiger charge is 2.01. The van der Waals surface area contributed by atoms with Crippen molar-refractivity contribution < 1.29 is 4.79 Å². The number of nitrogen functional groups attached to an aromatic ring is 1. The predicted octanol–water partition coefficient (Wildman–Crippen LogP) is 1.29. The zero-order valence-corrected chi connectivity index (χ0v) is 6.89. The van der Waals surface area contributed by atoms with Crippen molar-refractivity contribution in [3.63, 3.8) is 0 Å². The average molecular weight is 173 g/mol. The number of anilines is 1. The van der Waals surface area contributed by atoms with E-state index in [9.17, 15) is 4.79 Å². The molecule has 0 radical (unpaired) electrons. The molecule has 0 aliphatic heterocycles. The first kappa shape index (κ1) is 9.91. The van der Waals surface area contributed by atoms with Crippen LogP contribution in [0, 0.1) is 0 Å². The first-order valence-electron chi connectivity index (χ1n) is 2.92. The van der Waals surface area contributed by atoms with Gasteiger partial charge in [0.05, 0.1) is 5.56 Å². The van der Waals surface area contributed by atoms with E-state index in [1.807, 2.05) is 0 Å². The molecule has 0 aliphatic rings. The number of ketones is 1. The number of rotatable bonds is 1. The van der Waals surface area contributed by atoms with Gasteiger partial charge in [-0.3, -0.25) is 9.78 Å². The number of nitrogens with zero attached hydrogens (tertiary/aromatic N) is 1. The average Bonchev–Trinajstić information content (AvgIpc) is 1.88. The number of pyridine rings is 1. The standard InChI is InChI=1S/C7H8N2O.ClH/c1-5(10)6-4-9-3-2-7(6)8;/h2-4H,1H3,(H2,8,9);1H. The van der Waals surface area contributed by atoms with Crippen LogP contribution < -0.4 is 5.73 Å². The normalized spacial score (nSPS) is 8.45. The Bertz CT molecular complexity index is 262. The number of nitrogens with two attached hydrogens (primary N) is 1. The molecule has 1 rings (SSSR count). The Kier molecular flexibility index (Phi) is 3.54. The van der Waals surface area contributed by atoms with Crippen LogP contribution in [-0.4, -0.2) is 10.8 Å².